The third kappa shape index (κ3) is 4.99. The van der Waals surface area contributed by atoms with Gasteiger partial charge in [-0.3, -0.25) is 0 Å². The third-order valence-electron chi connectivity index (χ3n) is 4.07. The molecule has 1 aliphatic heterocycles. The minimum absolute atomic E-state index is 0.564. The molecule has 118 valence electrons. The van der Waals surface area contributed by atoms with Crippen LogP contribution in [0.2, 0.25) is 0 Å². The van der Waals surface area contributed by atoms with Crippen LogP contribution in [0.15, 0.2) is 24.3 Å². The van der Waals surface area contributed by atoms with Gasteiger partial charge in [-0.15, -0.1) is 0 Å². The summed E-state index contributed by atoms with van der Waals surface area (Å²) in [7, 11) is 3.89. The molecule has 1 aliphatic rings. The molecule has 4 nitrogen and oxygen atoms in total. The Morgan fingerprint density at radius 1 is 1.43 bits per heavy atom. The third-order valence-corrected chi connectivity index (χ3v) is 4.07. The van der Waals surface area contributed by atoms with Gasteiger partial charge in [0, 0.05) is 31.7 Å². The molecule has 0 radical (unpaired) electrons. The van der Waals surface area contributed by atoms with Crippen molar-refractivity contribution in [1.29, 1.82) is 0 Å². The molecule has 1 saturated heterocycles. The van der Waals surface area contributed by atoms with E-state index in [4.69, 9.17) is 9.47 Å². The van der Waals surface area contributed by atoms with Crippen molar-refractivity contribution in [2.45, 2.75) is 25.9 Å². The van der Waals surface area contributed by atoms with Crippen LogP contribution < -0.4 is 10.1 Å². The predicted octanol–water partition coefficient (Wildman–Crippen LogP) is 2.14. The van der Waals surface area contributed by atoms with E-state index in [1.807, 2.05) is 12.1 Å². The van der Waals surface area contributed by atoms with Gasteiger partial charge >= 0.3 is 0 Å². The Morgan fingerprint density at radius 2 is 2.29 bits per heavy atom. The molecule has 0 bridgehead atoms. The molecule has 0 saturated carbocycles. The Hall–Kier alpha value is -1.10. The molecule has 1 heterocycles. The molecule has 0 aliphatic carbocycles. The summed E-state index contributed by atoms with van der Waals surface area (Å²) in [4.78, 5) is 2.37. The van der Waals surface area contributed by atoms with E-state index in [9.17, 15) is 0 Å². The first-order valence-electron chi connectivity index (χ1n) is 7.85. The van der Waals surface area contributed by atoms with E-state index < -0.39 is 0 Å². The summed E-state index contributed by atoms with van der Waals surface area (Å²) in [5, 5.41) is 3.60. The van der Waals surface area contributed by atoms with Crippen LogP contribution in [0, 0.1) is 5.92 Å². The Balaban J connectivity index is 1.88. The smallest absolute Gasteiger partial charge is 0.119 e. The average Bonchev–Trinajstić information content (AvgIpc) is 2.49. The zero-order valence-corrected chi connectivity index (χ0v) is 13.5. The van der Waals surface area contributed by atoms with Crippen molar-refractivity contribution >= 4 is 0 Å². The maximum Gasteiger partial charge on any atom is 0.119 e. The van der Waals surface area contributed by atoms with Gasteiger partial charge in [0.25, 0.3) is 0 Å². The van der Waals surface area contributed by atoms with Crippen molar-refractivity contribution in [2.24, 2.45) is 5.92 Å². The van der Waals surface area contributed by atoms with Crippen molar-refractivity contribution in [3.05, 3.63) is 29.8 Å². The second-order valence-electron chi connectivity index (χ2n) is 5.84. The molecule has 2 rings (SSSR count). The van der Waals surface area contributed by atoms with E-state index >= 15 is 0 Å². The average molecular weight is 292 g/mol. The minimum Gasteiger partial charge on any atom is -0.497 e. The number of hydrogen-bond donors (Lipinski definition) is 1. The molecule has 2 atom stereocenters. The van der Waals surface area contributed by atoms with Gasteiger partial charge in [-0.2, -0.15) is 0 Å². The van der Waals surface area contributed by atoms with Gasteiger partial charge in [-0.25, -0.2) is 0 Å². The molecule has 0 amide bonds. The molecule has 1 N–H and O–H groups in total. The largest absolute Gasteiger partial charge is 0.497 e. The number of rotatable bonds is 7. The van der Waals surface area contributed by atoms with E-state index in [0.717, 1.165) is 45.0 Å². The van der Waals surface area contributed by atoms with Crippen LogP contribution in [0.1, 0.15) is 18.9 Å². The number of benzene rings is 1. The summed E-state index contributed by atoms with van der Waals surface area (Å²) in [6, 6.07) is 8.87. The molecule has 0 aromatic heterocycles. The van der Waals surface area contributed by atoms with Crippen LogP contribution in [-0.2, 0) is 11.3 Å². The van der Waals surface area contributed by atoms with Crippen molar-refractivity contribution < 1.29 is 9.47 Å². The number of ether oxygens (including phenoxy) is 2. The Labute approximate surface area is 128 Å². The van der Waals surface area contributed by atoms with Crippen molar-refractivity contribution in [2.75, 3.05) is 40.5 Å². The highest BCUT2D eigenvalue weighted by Crippen LogP contribution is 2.18. The lowest BCUT2D eigenvalue weighted by molar-refractivity contribution is 0.0193. The van der Waals surface area contributed by atoms with Gasteiger partial charge in [-0.05, 0) is 37.7 Å². The lowest BCUT2D eigenvalue weighted by Gasteiger charge is -2.34. The van der Waals surface area contributed by atoms with Gasteiger partial charge in [-0.1, -0.05) is 19.1 Å². The molecule has 2 unspecified atom stereocenters. The number of nitrogens with zero attached hydrogens (tertiary/aromatic N) is 1. The first kappa shape index (κ1) is 16.3. The van der Waals surface area contributed by atoms with Crippen LogP contribution >= 0.6 is 0 Å². The number of methoxy groups -OCH3 is 1. The summed E-state index contributed by atoms with van der Waals surface area (Å²) in [6.07, 6.45) is 1.12. The van der Waals surface area contributed by atoms with Crippen molar-refractivity contribution in [1.82, 2.24) is 10.2 Å². The normalized spacial score (nSPS) is 22.5. The molecular formula is C17H28N2O2. The zero-order valence-electron chi connectivity index (χ0n) is 13.5. The molecule has 1 fully saturated rings. The van der Waals surface area contributed by atoms with Crippen molar-refractivity contribution in [3.8, 4) is 5.75 Å². The molecule has 21 heavy (non-hydrogen) atoms. The molecule has 0 spiro atoms. The summed E-state index contributed by atoms with van der Waals surface area (Å²) in [5.41, 5.74) is 1.29. The summed E-state index contributed by atoms with van der Waals surface area (Å²) in [6.45, 7) is 6.93. The van der Waals surface area contributed by atoms with E-state index in [-0.39, 0.29) is 0 Å². The monoisotopic (exact) mass is 292 g/mol. The van der Waals surface area contributed by atoms with Gasteiger partial charge in [0.05, 0.1) is 13.7 Å². The SMILES string of the molecule is CCNC1CCOCC1CN(C)Cc1cccc(OC)c1. The molecule has 1 aromatic rings. The Kier molecular flexibility index (Phi) is 6.49. The zero-order chi connectivity index (χ0) is 15.1. The highest BCUT2D eigenvalue weighted by atomic mass is 16.5. The Morgan fingerprint density at radius 3 is 3.05 bits per heavy atom. The highest BCUT2D eigenvalue weighted by Gasteiger charge is 2.25. The fourth-order valence-corrected chi connectivity index (χ4v) is 3.06. The molecule has 1 aromatic carbocycles. The standard InChI is InChI=1S/C17H28N2O2/c1-4-18-17-8-9-21-13-15(17)12-19(2)11-14-6-5-7-16(10-14)20-3/h5-7,10,15,17-18H,4,8-9,11-13H2,1-3H3. The van der Waals surface area contributed by atoms with Gasteiger partial charge in [0.15, 0.2) is 0 Å². The molecular weight excluding hydrogens is 264 g/mol. The summed E-state index contributed by atoms with van der Waals surface area (Å²) < 4.78 is 10.9. The van der Waals surface area contributed by atoms with Crippen LogP contribution in [0.3, 0.4) is 0 Å². The van der Waals surface area contributed by atoms with Gasteiger partial charge in [0.1, 0.15) is 5.75 Å². The van der Waals surface area contributed by atoms with Gasteiger partial charge < -0.3 is 19.7 Å². The van der Waals surface area contributed by atoms with Crippen LogP contribution in [-0.4, -0.2) is 51.4 Å². The summed E-state index contributed by atoms with van der Waals surface area (Å²) in [5.74, 6) is 1.49. The fraction of sp³-hybridized carbons (Fsp3) is 0.647. The van der Waals surface area contributed by atoms with E-state index in [1.54, 1.807) is 7.11 Å². The van der Waals surface area contributed by atoms with E-state index in [2.05, 4.69) is 36.3 Å². The number of hydrogen-bond acceptors (Lipinski definition) is 4. The lowest BCUT2D eigenvalue weighted by Crippen LogP contribution is -2.47. The fourth-order valence-electron chi connectivity index (χ4n) is 3.06. The first-order valence-corrected chi connectivity index (χ1v) is 7.85. The first-order chi connectivity index (χ1) is 10.2. The lowest BCUT2D eigenvalue weighted by atomic mass is 9.95. The predicted molar refractivity (Wildman–Crippen MR) is 85.7 cm³/mol. The van der Waals surface area contributed by atoms with Crippen LogP contribution in [0.5, 0.6) is 5.75 Å². The van der Waals surface area contributed by atoms with E-state index in [0.29, 0.717) is 12.0 Å². The summed E-state index contributed by atoms with van der Waals surface area (Å²) >= 11 is 0. The number of nitrogens with one attached hydrogen (secondary N) is 1. The quantitative estimate of drug-likeness (QED) is 0.835. The maximum atomic E-state index is 5.66. The second-order valence-corrected chi connectivity index (χ2v) is 5.84. The maximum absolute atomic E-state index is 5.66. The van der Waals surface area contributed by atoms with Crippen LogP contribution in [0.25, 0.3) is 0 Å². The van der Waals surface area contributed by atoms with Crippen LogP contribution in [0.4, 0.5) is 0 Å². The minimum atomic E-state index is 0.564. The van der Waals surface area contributed by atoms with Gasteiger partial charge in [0.2, 0.25) is 0 Å². The molecule has 4 heteroatoms. The van der Waals surface area contributed by atoms with E-state index in [1.165, 1.54) is 5.56 Å². The van der Waals surface area contributed by atoms with Crippen molar-refractivity contribution in [3.63, 3.8) is 0 Å². The Bertz CT molecular complexity index is 423. The highest BCUT2D eigenvalue weighted by molar-refractivity contribution is 5.28. The second kappa shape index (κ2) is 8.37. The topological polar surface area (TPSA) is 33.7 Å².